The average Bonchev–Trinajstić information content (AvgIpc) is 3.27. The summed E-state index contributed by atoms with van der Waals surface area (Å²) in [5.74, 6) is 2.05. The molecule has 4 heteroatoms. The van der Waals surface area contributed by atoms with Gasteiger partial charge in [-0.25, -0.2) is 0 Å². The zero-order chi connectivity index (χ0) is 18.6. The van der Waals surface area contributed by atoms with E-state index in [0.717, 1.165) is 12.8 Å². The Balaban J connectivity index is 1.48. The Morgan fingerprint density at radius 2 is 1.89 bits per heavy atom. The molecule has 4 nitrogen and oxygen atoms in total. The molecule has 6 rings (SSSR count). The quantitative estimate of drug-likeness (QED) is 0.696. The average molecular weight is 369 g/mol. The maximum absolute atomic E-state index is 6.66. The van der Waals surface area contributed by atoms with Gasteiger partial charge in [-0.05, 0) is 86.0 Å². The van der Waals surface area contributed by atoms with Gasteiger partial charge in [0.25, 0.3) is 0 Å². The smallest absolute Gasteiger partial charge is 0.163 e. The minimum atomic E-state index is -0.473. The van der Waals surface area contributed by atoms with Gasteiger partial charge in [0, 0.05) is 5.69 Å². The van der Waals surface area contributed by atoms with E-state index in [1.807, 2.05) is 0 Å². The van der Waals surface area contributed by atoms with Crippen LogP contribution in [0, 0.1) is 34.5 Å². The number of hydrogen-bond donors (Lipinski definition) is 1. The van der Waals surface area contributed by atoms with E-state index in [1.165, 1.54) is 30.5 Å². The van der Waals surface area contributed by atoms with Crippen LogP contribution in [-0.2, 0) is 22.3 Å². The second-order valence-corrected chi connectivity index (χ2v) is 10.9. The Morgan fingerprint density at radius 1 is 1.07 bits per heavy atom. The molecule has 1 aliphatic heterocycles. The van der Waals surface area contributed by atoms with Crippen LogP contribution in [0.3, 0.4) is 0 Å². The van der Waals surface area contributed by atoms with Crippen LogP contribution in [0.2, 0.25) is 0 Å². The maximum atomic E-state index is 6.66. The monoisotopic (exact) mass is 368 g/mol. The molecule has 0 aromatic carbocycles. The van der Waals surface area contributed by atoms with E-state index in [0.29, 0.717) is 29.1 Å². The minimum Gasteiger partial charge on any atom is -0.344 e. The molecule has 2 saturated carbocycles. The molecule has 0 spiro atoms. The first-order chi connectivity index (χ1) is 12.8. The van der Waals surface area contributed by atoms with Gasteiger partial charge in [0.15, 0.2) is 5.79 Å². The van der Waals surface area contributed by atoms with Gasteiger partial charge in [0.2, 0.25) is 0 Å². The van der Waals surface area contributed by atoms with Crippen LogP contribution in [0.1, 0.15) is 58.2 Å². The number of aromatic nitrogens is 2. The molecule has 5 aliphatic rings. The van der Waals surface area contributed by atoms with Gasteiger partial charge < -0.3 is 9.47 Å². The van der Waals surface area contributed by atoms with E-state index in [4.69, 9.17) is 9.47 Å². The molecule has 0 amide bonds. The van der Waals surface area contributed by atoms with Gasteiger partial charge in [-0.2, -0.15) is 5.10 Å². The Kier molecular flexibility index (Phi) is 3.15. The topological polar surface area (TPSA) is 47.1 Å². The van der Waals surface area contributed by atoms with Gasteiger partial charge in [0.05, 0.1) is 18.4 Å². The van der Waals surface area contributed by atoms with Gasteiger partial charge in [-0.15, -0.1) is 0 Å². The highest BCUT2D eigenvalue weighted by Crippen LogP contribution is 2.66. The first-order valence-corrected chi connectivity index (χ1v) is 10.9. The fraction of sp³-hybridized carbons (Fsp3) is 0.783. The van der Waals surface area contributed by atoms with Gasteiger partial charge >= 0.3 is 0 Å². The number of hydrogen-bond acceptors (Lipinski definition) is 3. The predicted octanol–water partition coefficient (Wildman–Crippen LogP) is 4.27. The molecule has 3 fully saturated rings. The van der Waals surface area contributed by atoms with Crippen LogP contribution in [0.25, 0.3) is 0 Å². The minimum absolute atomic E-state index is 0.200. The second kappa shape index (κ2) is 5.07. The van der Waals surface area contributed by atoms with Crippen molar-refractivity contribution in [3.63, 3.8) is 0 Å². The van der Waals surface area contributed by atoms with Crippen LogP contribution >= 0.6 is 0 Å². The molecule has 146 valence electrons. The molecular weight excluding hydrogens is 336 g/mol. The van der Waals surface area contributed by atoms with Crippen molar-refractivity contribution in [2.45, 2.75) is 77.8 Å². The van der Waals surface area contributed by atoms with Crippen molar-refractivity contribution in [2.24, 2.45) is 34.5 Å². The molecule has 0 unspecified atom stereocenters. The van der Waals surface area contributed by atoms with Crippen molar-refractivity contribution < 1.29 is 9.47 Å². The number of H-pyrrole nitrogens is 1. The molecule has 4 aliphatic carbocycles. The number of fused-ring (bicyclic) bond motifs is 9. The molecule has 1 saturated heterocycles. The Hall–Kier alpha value is -1.13. The highest BCUT2D eigenvalue weighted by molar-refractivity contribution is 5.29. The van der Waals surface area contributed by atoms with Crippen LogP contribution < -0.4 is 0 Å². The number of nitrogens with zero attached hydrogens (tertiary/aromatic N) is 1. The molecule has 1 aromatic heterocycles. The van der Waals surface area contributed by atoms with Crippen molar-refractivity contribution >= 4 is 0 Å². The Labute approximate surface area is 162 Å². The lowest BCUT2D eigenvalue weighted by atomic mass is 9.44. The van der Waals surface area contributed by atoms with E-state index in [2.05, 4.69) is 56.2 Å². The van der Waals surface area contributed by atoms with Crippen molar-refractivity contribution in [1.82, 2.24) is 10.2 Å². The molecule has 8 atom stereocenters. The molecule has 27 heavy (non-hydrogen) atoms. The van der Waals surface area contributed by atoms with E-state index in [-0.39, 0.29) is 17.6 Å². The summed E-state index contributed by atoms with van der Waals surface area (Å²) in [6.07, 6.45) is 13.5. The summed E-state index contributed by atoms with van der Waals surface area (Å²) in [4.78, 5) is 0. The van der Waals surface area contributed by atoms with E-state index >= 15 is 0 Å². The van der Waals surface area contributed by atoms with Gasteiger partial charge in [0.1, 0.15) is 0 Å². The lowest BCUT2D eigenvalue weighted by Crippen LogP contribution is -2.63. The van der Waals surface area contributed by atoms with E-state index < -0.39 is 5.79 Å². The number of allylic oxidation sites excluding steroid dienone is 2. The van der Waals surface area contributed by atoms with E-state index in [9.17, 15) is 0 Å². The fourth-order valence-corrected chi connectivity index (χ4v) is 7.89. The first kappa shape index (κ1) is 16.8. The summed E-state index contributed by atoms with van der Waals surface area (Å²) in [5.41, 5.74) is 3.38. The van der Waals surface area contributed by atoms with Crippen LogP contribution in [0.4, 0.5) is 0 Å². The molecule has 2 heterocycles. The predicted molar refractivity (Wildman–Crippen MR) is 103 cm³/mol. The Morgan fingerprint density at radius 3 is 2.74 bits per heavy atom. The largest absolute Gasteiger partial charge is 0.344 e. The molecule has 1 aromatic rings. The van der Waals surface area contributed by atoms with Crippen LogP contribution in [-0.4, -0.2) is 28.2 Å². The fourth-order valence-electron chi connectivity index (χ4n) is 7.89. The highest BCUT2D eigenvalue weighted by Gasteiger charge is 2.67. The zero-order valence-electron chi connectivity index (χ0n) is 17.0. The summed E-state index contributed by atoms with van der Waals surface area (Å²) in [5, 5.41) is 7.64. The summed E-state index contributed by atoms with van der Waals surface area (Å²) in [6.45, 7) is 9.26. The molecular formula is C23H32N2O2. The summed E-state index contributed by atoms with van der Waals surface area (Å²) >= 11 is 0. The van der Waals surface area contributed by atoms with E-state index in [1.54, 1.807) is 0 Å². The SMILES string of the molecule is CC1(C)O[C@H]2[C@H](O1)[C@H]1Cc3[nH]ncc3C[C@]1(C)[C@H]1CC[C@]3(C)C=CC[C@H]3[C@H]21. The summed E-state index contributed by atoms with van der Waals surface area (Å²) in [7, 11) is 0. The molecule has 1 N–H and O–H groups in total. The van der Waals surface area contributed by atoms with Crippen LogP contribution in [0.5, 0.6) is 0 Å². The van der Waals surface area contributed by atoms with Crippen molar-refractivity contribution in [2.75, 3.05) is 0 Å². The van der Waals surface area contributed by atoms with Crippen molar-refractivity contribution in [3.8, 4) is 0 Å². The van der Waals surface area contributed by atoms with Crippen LogP contribution in [0.15, 0.2) is 18.3 Å². The lowest BCUT2D eigenvalue weighted by Gasteiger charge is -2.62. The third-order valence-electron chi connectivity index (χ3n) is 9.10. The highest BCUT2D eigenvalue weighted by atomic mass is 16.8. The van der Waals surface area contributed by atoms with Gasteiger partial charge in [-0.3, -0.25) is 5.10 Å². The maximum Gasteiger partial charge on any atom is 0.163 e. The summed E-state index contributed by atoms with van der Waals surface area (Å²) < 4.78 is 13.3. The van der Waals surface area contributed by atoms with Crippen molar-refractivity contribution in [1.29, 1.82) is 0 Å². The summed E-state index contributed by atoms with van der Waals surface area (Å²) in [6, 6.07) is 0. The third-order valence-corrected chi connectivity index (χ3v) is 9.10. The zero-order valence-corrected chi connectivity index (χ0v) is 17.0. The normalized spacial score (nSPS) is 51.9. The Bertz CT molecular complexity index is 813. The first-order valence-electron chi connectivity index (χ1n) is 10.9. The number of rotatable bonds is 0. The molecule has 0 radical (unpaired) electrons. The third kappa shape index (κ3) is 2.09. The second-order valence-electron chi connectivity index (χ2n) is 10.9. The van der Waals surface area contributed by atoms with Crippen molar-refractivity contribution in [3.05, 3.63) is 29.6 Å². The standard InChI is InChI=1S/C23H32N2O2/c1-21(2)26-19-16-10-17-13(12-24-25-17)11-23(16,4)15-7-9-22(3)8-5-6-14(22)18(15)20(19)27-21/h5,8,12,14-16,18-20H,6-7,9-11H2,1-4H3,(H,24,25)/t14-,15-,16+,18-,19+,20+,22-,23+/m0/s1. The number of aromatic amines is 1. The van der Waals surface area contributed by atoms with Gasteiger partial charge in [-0.1, -0.05) is 26.0 Å². The molecule has 0 bridgehead atoms. The lowest BCUT2D eigenvalue weighted by molar-refractivity contribution is -0.164. The number of nitrogens with one attached hydrogen (secondary N) is 1. The number of ether oxygens (including phenoxy) is 2.